The number of aryl methyl sites for hydroxylation is 3. The molecule has 0 bridgehead atoms. The van der Waals surface area contributed by atoms with Gasteiger partial charge >= 0.3 is 5.97 Å². The molecule has 6 nitrogen and oxygen atoms in total. The molecule has 2 rings (SSSR count). The Morgan fingerprint density at radius 3 is 2.42 bits per heavy atom. The van der Waals surface area contributed by atoms with Gasteiger partial charge in [0, 0.05) is 13.1 Å². The standard InChI is InChI=1S/C18H24N2O4/c1-11-7-12(2)16(13(3)8-11)18(23)24-10-15(21)20-6-4-5-14(9-20)17(19)22/h7-8,14H,4-6,9-10H2,1-3H3,(H2,19,22)/t14-/m1/s1. The normalized spacial score (nSPS) is 17.5. The van der Waals surface area contributed by atoms with Crippen LogP contribution < -0.4 is 5.73 Å². The number of hydrogen-bond acceptors (Lipinski definition) is 4. The van der Waals surface area contributed by atoms with E-state index < -0.39 is 11.9 Å². The van der Waals surface area contributed by atoms with Crippen LogP contribution in [-0.4, -0.2) is 42.4 Å². The van der Waals surface area contributed by atoms with Crippen LogP contribution in [0.25, 0.3) is 0 Å². The zero-order chi connectivity index (χ0) is 17.9. The summed E-state index contributed by atoms with van der Waals surface area (Å²) in [5, 5.41) is 0. The number of amides is 2. The van der Waals surface area contributed by atoms with E-state index in [1.165, 1.54) is 0 Å². The van der Waals surface area contributed by atoms with Gasteiger partial charge in [0.25, 0.3) is 5.91 Å². The summed E-state index contributed by atoms with van der Waals surface area (Å²) in [5.41, 5.74) is 8.55. The van der Waals surface area contributed by atoms with Crippen LogP contribution in [0.4, 0.5) is 0 Å². The summed E-state index contributed by atoms with van der Waals surface area (Å²) in [6.45, 7) is 6.19. The Labute approximate surface area is 142 Å². The second-order valence-electron chi connectivity index (χ2n) is 6.43. The quantitative estimate of drug-likeness (QED) is 0.846. The number of ether oxygens (including phenoxy) is 1. The molecule has 1 heterocycles. The zero-order valence-corrected chi connectivity index (χ0v) is 14.4. The molecule has 24 heavy (non-hydrogen) atoms. The van der Waals surface area contributed by atoms with Crippen LogP contribution in [0.15, 0.2) is 12.1 Å². The summed E-state index contributed by atoms with van der Waals surface area (Å²) in [4.78, 5) is 37.3. The van der Waals surface area contributed by atoms with Crippen LogP contribution >= 0.6 is 0 Å². The SMILES string of the molecule is Cc1cc(C)c(C(=O)OCC(=O)N2CCC[C@@H](C(N)=O)C2)c(C)c1. The Morgan fingerprint density at radius 1 is 1.21 bits per heavy atom. The third-order valence-electron chi connectivity index (χ3n) is 4.38. The molecule has 0 aromatic heterocycles. The van der Waals surface area contributed by atoms with Crippen LogP contribution in [0.2, 0.25) is 0 Å². The number of esters is 1. The Bertz CT molecular complexity index is 646. The van der Waals surface area contributed by atoms with E-state index in [1.54, 1.807) is 4.90 Å². The number of nitrogens with zero attached hydrogens (tertiary/aromatic N) is 1. The molecule has 1 aliphatic rings. The number of primary amides is 1. The lowest BCUT2D eigenvalue weighted by Crippen LogP contribution is -2.45. The molecule has 1 fully saturated rings. The highest BCUT2D eigenvalue weighted by molar-refractivity contribution is 5.94. The van der Waals surface area contributed by atoms with Crippen LogP contribution in [0.5, 0.6) is 0 Å². The summed E-state index contributed by atoms with van der Waals surface area (Å²) in [6.07, 6.45) is 1.42. The molecular formula is C18H24N2O4. The monoisotopic (exact) mass is 332 g/mol. The molecule has 1 saturated heterocycles. The Kier molecular flexibility index (Phi) is 5.59. The summed E-state index contributed by atoms with van der Waals surface area (Å²) < 4.78 is 5.19. The fourth-order valence-electron chi connectivity index (χ4n) is 3.23. The van der Waals surface area contributed by atoms with Crippen molar-refractivity contribution < 1.29 is 19.1 Å². The van der Waals surface area contributed by atoms with Crippen molar-refractivity contribution in [1.82, 2.24) is 4.90 Å². The molecule has 0 unspecified atom stereocenters. The molecule has 2 N–H and O–H groups in total. The van der Waals surface area contributed by atoms with Gasteiger partial charge in [0.15, 0.2) is 6.61 Å². The average molecular weight is 332 g/mol. The number of benzene rings is 1. The number of carbonyl (C=O) groups is 3. The predicted octanol–water partition coefficient (Wildman–Crippen LogP) is 1.49. The topological polar surface area (TPSA) is 89.7 Å². The maximum atomic E-state index is 12.3. The molecule has 0 saturated carbocycles. The third kappa shape index (κ3) is 4.13. The number of carbonyl (C=O) groups excluding carboxylic acids is 3. The van der Waals surface area contributed by atoms with Crippen molar-refractivity contribution in [3.63, 3.8) is 0 Å². The lowest BCUT2D eigenvalue weighted by atomic mass is 9.97. The maximum absolute atomic E-state index is 12.3. The van der Waals surface area contributed by atoms with Gasteiger partial charge in [-0.05, 0) is 44.7 Å². The van der Waals surface area contributed by atoms with Gasteiger partial charge in [-0.25, -0.2) is 4.79 Å². The number of nitrogens with two attached hydrogens (primary N) is 1. The Hall–Kier alpha value is -2.37. The smallest absolute Gasteiger partial charge is 0.339 e. The van der Waals surface area contributed by atoms with Gasteiger partial charge in [0.1, 0.15) is 0 Å². The molecule has 1 aromatic rings. The summed E-state index contributed by atoms with van der Waals surface area (Å²) in [7, 11) is 0. The van der Waals surface area contributed by atoms with Gasteiger partial charge in [0.05, 0.1) is 11.5 Å². The Morgan fingerprint density at radius 2 is 1.83 bits per heavy atom. The summed E-state index contributed by atoms with van der Waals surface area (Å²) in [5.74, 6) is -1.51. The van der Waals surface area contributed by atoms with Gasteiger partial charge in [-0.3, -0.25) is 9.59 Å². The predicted molar refractivity (Wildman–Crippen MR) is 89.4 cm³/mol. The van der Waals surface area contributed by atoms with Crippen molar-refractivity contribution in [2.75, 3.05) is 19.7 Å². The van der Waals surface area contributed by atoms with E-state index in [4.69, 9.17) is 10.5 Å². The summed E-state index contributed by atoms with van der Waals surface area (Å²) >= 11 is 0. The van der Waals surface area contributed by atoms with Crippen LogP contribution in [-0.2, 0) is 14.3 Å². The highest BCUT2D eigenvalue weighted by Crippen LogP contribution is 2.18. The van der Waals surface area contributed by atoms with Gasteiger partial charge < -0.3 is 15.4 Å². The first-order chi connectivity index (χ1) is 11.3. The minimum Gasteiger partial charge on any atom is -0.452 e. The van der Waals surface area contributed by atoms with Crippen molar-refractivity contribution in [2.24, 2.45) is 11.7 Å². The molecule has 1 atom stereocenters. The largest absolute Gasteiger partial charge is 0.452 e. The summed E-state index contributed by atoms with van der Waals surface area (Å²) in [6, 6.07) is 3.82. The second kappa shape index (κ2) is 7.47. The number of hydrogen-bond donors (Lipinski definition) is 1. The van der Waals surface area contributed by atoms with Crippen molar-refractivity contribution >= 4 is 17.8 Å². The van der Waals surface area contributed by atoms with E-state index in [2.05, 4.69) is 0 Å². The Balaban J connectivity index is 1.97. The maximum Gasteiger partial charge on any atom is 0.339 e. The van der Waals surface area contributed by atoms with Gasteiger partial charge in [-0.15, -0.1) is 0 Å². The van der Waals surface area contributed by atoms with E-state index in [9.17, 15) is 14.4 Å². The molecule has 130 valence electrons. The van der Waals surface area contributed by atoms with Gasteiger partial charge in [0.2, 0.25) is 5.91 Å². The minimum absolute atomic E-state index is 0.295. The lowest BCUT2D eigenvalue weighted by molar-refractivity contribution is -0.137. The molecule has 6 heteroatoms. The third-order valence-corrected chi connectivity index (χ3v) is 4.38. The lowest BCUT2D eigenvalue weighted by Gasteiger charge is -2.31. The van der Waals surface area contributed by atoms with Crippen molar-refractivity contribution in [1.29, 1.82) is 0 Å². The molecule has 0 radical (unpaired) electrons. The highest BCUT2D eigenvalue weighted by Gasteiger charge is 2.27. The van der Waals surface area contributed by atoms with E-state index >= 15 is 0 Å². The fourth-order valence-corrected chi connectivity index (χ4v) is 3.23. The average Bonchev–Trinajstić information content (AvgIpc) is 2.51. The van der Waals surface area contributed by atoms with Crippen molar-refractivity contribution in [2.45, 2.75) is 33.6 Å². The van der Waals surface area contributed by atoms with Crippen molar-refractivity contribution in [3.05, 3.63) is 34.4 Å². The molecule has 0 spiro atoms. The highest BCUT2D eigenvalue weighted by atomic mass is 16.5. The number of piperidine rings is 1. The van der Waals surface area contributed by atoms with E-state index in [0.29, 0.717) is 25.1 Å². The molecule has 1 aliphatic heterocycles. The molecule has 1 aromatic carbocycles. The first-order valence-corrected chi connectivity index (χ1v) is 8.11. The van der Waals surface area contributed by atoms with Gasteiger partial charge in [-0.2, -0.15) is 0 Å². The first kappa shape index (κ1) is 18.0. The van der Waals surface area contributed by atoms with E-state index in [0.717, 1.165) is 23.1 Å². The molecular weight excluding hydrogens is 308 g/mol. The zero-order valence-electron chi connectivity index (χ0n) is 14.4. The van der Waals surface area contributed by atoms with Crippen LogP contribution in [0, 0.1) is 26.7 Å². The second-order valence-corrected chi connectivity index (χ2v) is 6.43. The first-order valence-electron chi connectivity index (χ1n) is 8.11. The number of rotatable bonds is 4. The van der Waals surface area contributed by atoms with E-state index in [-0.39, 0.29) is 18.4 Å². The van der Waals surface area contributed by atoms with Crippen LogP contribution in [0.1, 0.15) is 39.9 Å². The van der Waals surface area contributed by atoms with E-state index in [1.807, 2.05) is 32.9 Å². The minimum atomic E-state index is -0.498. The molecule has 2 amide bonds. The van der Waals surface area contributed by atoms with Gasteiger partial charge in [-0.1, -0.05) is 17.7 Å². The fraction of sp³-hybridized carbons (Fsp3) is 0.500. The number of likely N-dealkylation sites (tertiary alicyclic amines) is 1. The van der Waals surface area contributed by atoms with Crippen molar-refractivity contribution in [3.8, 4) is 0 Å². The molecule has 0 aliphatic carbocycles. The van der Waals surface area contributed by atoms with Crippen LogP contribution in [0.3, 0.4) is 0 Å².